The number of hydrogen-bond donors (Lipinski definition) is 1. The average Bonchev–Trinajstić information content (AvgIpc) is 3.33. The predicted molar refractivity (Wildman–Crippen MR) is 109 cm³/mol. The number of hydrazone groups is 1. The molecule has 2 aliphatic carbocycles. The van der Waals surface area contributed by atoms with Gasteiger partial charge in [-0.25, -0.2) is 13.8 Å². The van der Waals surface area contributed by atoms with Crippen molar-refractivity contribution in [3.05, 3.63) is 29.8 Å². The van der Waals surface area contributed by atoms with Gasteiger partial charge in [-0.3, -0.25) is 4.79 Å². The Bertz CT molecular complexity index is 915. The molecule has 1 amide bonds. The number of nitrogens with one attached hydrogen (secondary N) is 1. The maximum atomic E-state index is 12.6. The predicted octanol–water partition coefficient (Wildman–Crippen LogP) is 3.40. The van der Waals surface area contributed by atoms with E-state index in [0.29, 0.717) is 24.6 Å². The second kappa shape index (κ2) is 6.66. The van der Waals surface area contributed by atoms with Gasteiger partial charge in [0.1, 0.15) is 0 Å². The minimum Gasteiger partial charge on any atom is -0.267 e. The highest BCUT2D eigenvalue weighted by Gasteiger charge is 2.60. The second-order valence-corrected chi connectivity index (χ2v) is 11.1. The summed E-state index contributed by atoms with van der Waals surface area (Å²) in [6.45, 7) is 7.99. The van der Waals surface area contributed by atoms with E-state index in [1.165, 1.54) is 22.9 Å². The van der Waals surface area contributed by atoms with Gasteiger partial charge < -0.3 is 0 Å². The van der Waals surface area contributed by atoms with Gasteiger partial charge in [-0.1, -0.05) is 20.8 Å². The first kappa shape index (κ1) is 19.6. The zero-order valence-electron chi connectivity index (χ0n) is 16.9. The minimum absolute atomic E-state index is 0.0403. The van der Waals surface area contributed by atoms with Crippen molar-refractivity contribution in [2.75, 3.05) is 13.1 Å². The first-order valence-corrected chi connectivity index (χ1v) is 11.6. The number of carbonyl (C=O) groups is 1. The Morgan fingerprint density at radius 2 is 1.79 bits per heavy atom. The normalized spacial score (nSPS) is 30.8. The molecule has 0 aromatic heterocycles. The van der Waals surface area contributed by atoms with Crippen LogP contribution in [0.4, 0.5) is 0 Å². The molecule has 1 aliphatic heterocycles. The Kier molecular flexibility index (Phi) is 4.66. The molecular weight excluding hydrogens is 374 g/mol. The molecule has 3 aliphatic rings. The SMILES string of the molecule is CC1(C)[C@H]2CC[C@@]1(C)/C(=N/NC(=O)c1ccc(S(=O)(=O)N3CCCC3)cc1)C2. The van der Waals surface area contributed by atoms with Crippen molar-refractivity contribution >= 4 is 21.6 Å². The molecule has 1 heterocycles. The Morgan fingerprint density at radius 1 is 1.14 bits per heavy atom. The Balaban J connectivity index is 1.46. The molecule has 4 rings (SSSR count). The van der Waals surface area contributed by atoms with Crippen LogP contribution in [0.3, 0.4) is 0 Å². The highest BCUT2D eigenvalue weighted by atomic mass is 32.2. The van der Waals surface area contributed by atoms with Gasteiger partial charge in [0.15, 0.2) is 0 Å². The summed E-state index contributed by atoms with van der Waals surface area (Å²) >= 11 is 0. The van der Waals surface area contributed by atoms with Crippen molar-refractivity contribution in [2.24, 2.45) is 21.8 Å². The molecule has 3 fully saturated rings. The van der Waals surface area contributed by atoms with Crippen molar-refractivity contribution in [3.63, 3.8) is 0 Å². The van der Waals surface area contributed by atoms with Crippen LogP contribution in [-0.4, -0.2) is 37.4 Å². The van der Waals surface area contributed by atoms with Crippen LogP contribution in [0, 0.1) is 16.7 Å². The highest BCUT2D eigenvalue weighted by molar-refractivity contribution is 7.89. The summed E-state index contributed by atoms with van der Waals surface area (Å²) in [5.41, 5.74) is 4.44. The average molecular weight is 404 g/mol. The molecule has 0 unspecified atom stereocenters. The van der Waals surface area contributed by atoms with Gasteiger partial charge in [0.25, 0.3) is 5.91 Å². The molecule has 0 spiro atoms. The quantitative estimate of drug-likeness (QED) is 0.783. The van der Waals surface area contributed by atoms with Crippen molar-refractivity contribution < 1.29 is 13.2 Å². The number of amides is 1. The van der Waals surface area contributed by atoms with E-state index in [9.17, 15) is 13.2 Å². The zero-order valence-corrected chi connectivity index (χ0v) is 17.7. The van der Waals surface area contributed by atoms with Crippen LogP contribution in [-0.2, 0) is 10.0 Å². The monoisotopic (exact) mass is 403 g/mol. The molecule has 1 aromatic rings. The number of sulfonamides is 1. The number of hydrogen-bond acceptors (Lipinski definition) is 4. The van der Waals surface area contributed by atoms with E-state index >= 15 is 0 Å². The van der Waals surface area contributed by atoms with Crippen molar-refractivity contribution in [1.82, 2.24) is 9.73 Å². The lowest BCUT2D eigenvalue weighted by molar-refractivity contribution is 0.0953. The van der Waals surface area contributed by atoms with Gasteiger partial charge in [0.2, 0.25) is 10.0 Å². The third kappa shape index (κ3) is 2.90. The number of fused-ring (bicyclic) bond motifs is 2. The topological polar surface area (TPSA) is 78.8 Å². The molecule has 0 radical (unpaired) electrons. The number of nitrogens with zero attached hydrogens (tertiary/aromatic N) is 2. The van der Waals surface area contributed by atoms with Crippen LogP contribution in [0.25, 0.3) is 0 Å². The van der Waals surface area contributed by atoms with Gasteiger partial charge in [0.05, 0.1) is 4.90 Å². The summed E-state index contributed by atoms with van der Waals surface area (Å²) in [7, 11) is -3.46. The molecule has 2 atom stereocenters. The molecule has 2 bridgehead atoms. The van der Waals surface area contributed by atoms with Crippen molar-refractivity contribution in [2.45, 2.75) is 57.8 Å². The molecule has 28 heavy (non-hydrogen) atoms. The Hall–Kier alpha value is -1.73. The van der Waals surface area contributed by atoms with E-state index in [1.54, 1.807) is 12.1 Å². The largest absolute Gasteiger partial charge is 0.271 e. The fraction of sp³-hybridized carbons (Fsp3) is 0.619. The van der Waals surface area contributed by atoms with Crippen LogP contribution in [0.2, 0.25) is 0 Å². The fourth-order valence-corrected chi connectivity index (χ4v) is 6.65. The number of rotatable bonds is 4. The highest BCUT2D eigenvalue weighted by Crippen LogP contribution is 2.63. The van der Waals surface area contributed by atoms with E-state index in [2.05, 4.69) is 31.3 Å². The lowest BCUT2D eigenvalue weighted by Gasteiger charge is -2.34. The van der Waals surface area contributed by atoms with E-state index in [4.69, 9.17) is 0 Å². The van der Waals surface area contributed by atoms with Gasteiger partial charge in [0, 0.05) is 29.8 Å². The Labute approximate surface area is 167 Å². The van der Waals surface area contributed by atoms with Crippen molar-refractivity contribution in [1.29, 1.82) is 0 Å². The summed E-state index contributed by atoms with van der Waals surface area (Å²) in [5.74, 6) is 0.324. The maximum absolute atomic E-state index is 12.6. The molecule has 152 valence electrons. The van der Waals surface area contributed by atoms with Gasteiger partial charge in [-0.05, 0) is 67.7 Å². The van der Waals surface area contributed by atoms with Gasteiger partial charge in [-0.2, -0.15) is 9.41 Å². The van der Waals surface area contributed by atoms with Crippen LogP contribution in [0.5, 0.6) is 0 Å². The minimum atomic E-state index is -3.46. The molecule has 1 aromatic carbocycles. The first-order valence-electron chi connectivity index (χ1n) is 10.1. The number of benzene rings is 1. The van der Waals surface area contributed by atoms with E-state index in [0.717, 1.165) is 31.4 Å². The smallest absolute Gasteiger partial charge is 0.267 e. The molecule has 1 N–H and O–H groups in total. The third-order valence-corrected chi connectivity index (χ3v) is 9.54. The van der Waals surface area contributed by atoms with E-state index < -0.39 is 10.0 Å². The van der Waals surface area contributed by atoms with Gasteiger partial charge in [-0.15, -0.1) is 0 Å². The van der Waals surface area contributed by atoms with E-state index in [1.807, 2.05) is 0 Å². The third-order valence-electron chi connectivity index (χ3n) is 7.62. The van der Waals surface area contributed by atoms with Crippen LogP contribution < -0.4 is 5.43 Å². The molecule has 1 saturated heterocycles. The summed E-state index contributed by atoms with van der Waals surface area (Å²) < 4.78 is 26.7. The van der Waals surface area contributed by atoms with Crippen LogP contribution in [0.15, 0.2) is 34.3 Å². The van der Waals surface area contributed by atoms with Crippen LogP contribution in [0.1, 0.15) is 63.2 Å². The van der Waals surface area contributed by atoms with E-state index in [-0.39, 0.29) is 21.6 Å². The summed E-state index contributed by atoms with van der Waals surface area (Å²) in [5, 5.41) is 4.47. The Morgan fingerprint density at radius 3 is 2.32 bits per heavy atom. The molecule has 7 heteroatoms. The second-order valence-electron chi connectivity index (χ2n) is 9.13. The fourth-order valence-electron chi connectivity index (χ4n) is 5.14. The number of carbonyl (C=O) groups excluding carboxylic acids is 1. The molecule has 6 nitrogen and oxygen atoms in total. The standard InChI is InChI=1S/C21H29N3O3S/c1-20(2)16-10-11-21(20,3)18(14-16)22-23-19(25)15-6-8-17(9-7-15)28(26,27)24-12-4-5-13-24/h6-9,16H,4-5,10-14H2,1-3H3,(H,23,25)/b22-18+/t16-,21-/m0/s1. The van der Waals surface area contributed by atoms with Crippen molar-refractivity contribution in [3.8, 4) is 0 Å². The summed E-state index contributed by atoms with van der Waals surface area (Å²) in [6, 6.07) is 6.14. The first-order chi connectivity index (χ1) is 13.2. The summed E-state index contributed by atoms with van der Waals surface area (Å²) in [4.78, 5) is 12.7. The summed E-state index contributed by atoms with van der Waals surface area (Å²) in [6.07, 6.45) is 5.08. The lowest BCUT2D eigenvalue weighted by Crippen LogP contribution is -2.34. The molecular formula is C21H29N3O3S. The zero-order chi connectivity index (χ0) is 20.2. The van der Waals surface area contributed by atoms with Crippen LogP contribution >= 0.6 is 0 Å². The lowest BCUT2D eigenvalue weighted by atomic mass is 9.70. The maximum Gasteiger partial charge on any atom is 0.271 e. The molecule has 2 saturated carbocycles. The van der Waals surface area contributed by atoms with Gasteiger partial charge >= 0.3 is 0 Å².